The van der Waals surface area contributed by atoms with Gasteiger partial charge in [-0.3, -0.25) is 9.59 Å². The smallest absolute Gasteiger partial charge is 0.245 e. The maximum atomic E-state index is 12.2. The Labute approximate surface area is 109 Å². The predicted octanol–water partition coefficient (Wildman–Crippen LogP) is 0.487. The fraction of sp³-hybridized carbons (Fsp3) is 0.846. The van der Waals surface area contributed by atoms with Gasteiger partial charge in [0.05, 0.1) is 0 Å². The number of carbonyl (C=O) groups is 2. The molecule has 2 atom stereocenters. The van der Waals surface area contributed by atoms with Crippen molar-refractivity contribution >= 4 is 11.8 Å². The summed E-state index contributed by atoms with van der Waals surface area (Å²) in [5, 5.41) is 2.77. The first-order valence-corrected chi connectivity index (χ1v) is 6.59. The minimum atomic E-state index is -0.483. The number of hydrogen-bond donors (Lipinski definition) is 2. The number of nitrogens with two attached hydrogens (primary N) is 1. The average Bonchev–Trinajstić information content (AvgIpc) is 2.74. The summed E-state index contributed by atoms with van der Waals surface area (Å²) in [7, 11) is 0. The highest BCUT2D eigenvalue weighted by atomic mass is 16.2. The van der Waals surface area contributed by atoms with Gasteiger partial charge in [0.2, 0.25) is 11.8 Å². The molecule has 0 saturated carbocycles. The van der Waals surface area contributed by atoms with Crippen molar-refractivity contribution in [2.24, 2.45) is 11.1 Å². The van der Waals surface area contributed by atoms with Crippen LogP contribution in [0.3, 0.4) is 0 Å². The lowest BCUT2D eigenvalue weighted by Gasteiger charge is -2.28. The number of likely N-dealkylation sites (tertiary alicyclic amines) is 1. The highest BCUT2D eigenvalue weighted by Gasteiger charge is 2.32. The molecule has 0 spiro atoms. The third-order valence-corrected chi connectivity index (χ3v) is 3.33. The van der Waals surface area contributed by atoms with Gasteiger partial charge < -0.3 is 16.0 Å². The lowest BCUT2D eigenvalue weighted by atomic mass is 9.95. The van der Waals surface area contributed by atoms with Gasteiger partial charge in [-0.25, -0.2) is 0 Å². The van der Waals surface area contributed by atoms with E-state index in [2.05, 4.69) is 5.32 Å². The molecule has 18 heavy (non-hydrogen) atoms. The van der Waals surface area contributed by atoms with E-state index in [4.69, 9.17) is 5.73 Å². The van der Waals surface area contributed by atoms with Gasteiger partial charge in [0.15, 0.2) is 0 Å². The number of nitrogens with zero attached hydrogens (tertiary/aromatic N) is 1. The maximum absolute atomic E-state index is 12.2. The summed E-state index contributed by atoms with van der Waals surface area (Å²) in [6, 6.07) is -0.352. The van der Waals surface area contributed by atoms with Crippen LogP contribution in [0.4, 0.5) is 0 Å². The Kier molecular flexibility index (Phi) is 4.73. The van der Waals surface area contributed by atoms with Crippen molar-refractivity contribution in [1.29, 1.82) is 0 Å². The molecule has 0 bridgehead atoms. The Hall–Kier alpha value is -1.10. The Morgan fingerprint density at radius 1 is 1.44 bits per heavy atom. The summed E-state index contributed by atoms with van der Waals surface area (Å²) >= 11 is 0. The van der Waals surface area contributed by atoms with Crippen LogP contribution in [0.25, 0.3) is 0 Å². The molecule has 2 unspecified atom stereocenters. The van der Waals surface area contributed by atoms with E-state index >= 15 is 0 Å². The fourth-order valence-electron chi connectivity index (χ4n) is 2.09. The molecular formula is C13H25N3O2. The molecule has 5 nitrogen and oxygen atoms in total. The molecular weight excluding hydrogens is 230 g/mol. The van der Waals surface area contributed by atoms with Crippen LogP contribution in [0.2, 0.25) is 0 Å². The van der Waals surface area contributed by atoms with Gasteiger partial charge in [0, 0.05) is 24.5 Å². The fourth-order valence-corrected chi connectivity index (χ4v) is 2.09. The Balaban J connectivity index is 2.59. The van der Waals surface area contributed by atoms with Crippen LogP contribution in [0.5, 0.6) is 0 Å². The number of nitrogens with one attached hydrogen (secondary N) is 1. The van der Waals surface area contributed by atoms with Crippen LogP contribution in [0.15, 0.2) is 0 Å². The summed E-state index contributed by atoms with van der Waals surface area (Å²) in [6.07, 6.45) is 1.95. The Morgan fingerprint density at radius 3 is 2.56 bits per heavy atom. The van der Waals surface area contributed by atoms with E-state index in [1.165, 1.54) is 0 Å². The minimum Gasteiger partial charge on any atom is -0.344 e. The van der Waals surface area contributed by atoms with Gasteiger partial charge in [0.1, 0.15) is 6.04 Å². The molecule has 1 aliphatic rings. The molecule has 5 heteroatoms. The average molecular weight is 255 g/mol. The van der Waals surface area contributed by atoms with Crippen molar-refractivity contribution < 1.29 is 9.59 Å². The van der Waals surface area contributed by atoms with Gasteiger partial charge in [-0.2, -0.15) is 0 Å². The van der Waals surface area contributed by atoms with Gasteiger partial charge in [-0.15, -0.1) is 0 Å². The van der Waals surface area contributed by atoms with E-state index in [0.29, 0.717) is 6.54 Å². The van der Waals surface area contributed by atoms with E-state index in [1.54, 1.807) is 11.8 Å². The van der Waals surface area contributed by atoms with Crippen LogP contribution in [0.1, 0.15) is 40.5 Å². The molecule has 0 aromatic heterocycles. The number of rotatable bonds is 3. The van der Waals surface area contributed by atoms with Crippen molar-refractivity contribution in [3.63, 3.8) is 0 Å². The van der Waals surface area contributed by atoms with Crippen molar-refractivity contribution in [2.45, 2.75) is 52.6 Å². The maximum Gasteiger partial charge on any atom is 0.245 e. The molecule has 1 rings (SSSR count). The van der Waals surface area contributed by atoms with Gasteiger partial charge in [-0.05, 0) is 19.8 Å². The largest absolute Gasteiger partial charge is 0.344 e. The standard InChI is InChI=1S/C13H25N3O2/c1-9(15-12(18)13(2,3)4)11(17)16-7-5-6-10(16)8-14/h9-10H,5-8,14H2,1-4H3,(H,15,18). The zero-order valence-electron chi connectivity index (χ0n) is 11.8. The lowest BCUT2D eigenvalue weighted by molar-refractivity contribution is -0.138. The first kappa shape index (κ1) is 15.0. The summed E-state index contributed by atoms with van der Waals surface area (Å²) in [5.74, 6) is -0.132. The summed E-state index contributed by atoms with van der Waals surface area (Å²) < 4.78 is 0. The molecule has 1 saturated heterocycles. The molecule has 1 aliphatic heterocycles. The summed E-state index contributed by atoms with van der Waals surface area (Å²) in [5.41, 5.74) is 5.17. The molecule has 2 amide bonds. The molecule has 0 aromatic carbocycles. The van der Waals surface area contributed by atoms with E-state index in [-0.39, 0.29) is 17.9 Å². The van der Waals surface area contributed by atoms with E-state index < -0.39 is 11.5 Å². The quantitative estimate of drug-likeness (QED) is 0.770. The molecule has 0 radical (unpaired) electrons. The second-order valence-electron chi connectivity index (χ2n) is 6.01. The van der Waals surface area contributed by atoms with E-state index in [0.717, 1.165) is 19.4 Å². The molecule has 1 heterocycles. The first-order chi connectivity index (χ1) is 8.27. The Morgan fingerprint density at radius 2 is 2.06 bits per heavy atom. The normalized spacial score (nSPS) is 21.8. The SMILES string of the molecule is CC(NC(=O)C(C)(C)C)C(=O)N1CCCC1CN. The monoisotopic (exact) mass is 255 g/mol. The van der Waals surface area contributed by atoms with Gasteiger partial charge >= 0.3 is 0 Å². The Bertz CT molecular complexity index is 323. The van der Waals surface area contributed by atoms with E-state index in [9.17, 15) is 9.59 Å². The number of carbonyl (C=O) groups excluding carboxylic acids is 2. The molecule has 1 fully saturated rings. The van der Waals surface area contributed by atoms with Crippen LogP contribution < -0.4 is 11.1 Å². The lowest BCUT2D eigenvalue weighted by Crippen LogP contribution is -2.52. The summed E-state index contributed by atoms with van der Waals surface area (Å²) in [4.78, 5) is 25.9. The minimum absolute atomic E-state index is 0.0273. The zero-order chi connectivity index (χ0) is 13.9. The van der Waals surface area contributed by atoms with Gasteiger partial charge in [-0.1, -0.05) is 20.8 Å². The van der Waals surface area contributed by atoms with Gasteiger partial charge in [0.25, 0.3) is 0 Å². The topological polar surface area (TPSA) is 75.4 Å². The third kappa shape index (κ3) is 3.45. The third-order valence-electron chi connectivity index (χ3n) is 3.33. The first-order valence-electron chi connectivity index (χ1n) is 6.59. The zero-order valence-corrected chi connectivity index (χ0v) is 11.8. The molecule has 0 aromatic rings. The van der Waals surface area contributed by atoms with Crippen LogP contribution in [-0.4, -0.2) is 41.9 Å². The molecule has 104 valence electrons. The molecule has 0 aliphatic carbocycles. The highest BCUT2D eigenvalue weighted by molar-refractivity contribution is 5.89. The van der Waals surface area contributed by atoms with Crippen LogP contribution >= 0.6 is 0 Å². The molecule has 3 N–H and O–H groups in total. The van der Waals surface area contributed by atoms with Crippen molar-refractivity contribution in [1.82, 2.24) is 10.2 Å². The van der Waals surface area contributed by atoms with Crippen molar-refractivity contribution in [3.05, 3.63) is 0 Å². The second kappa shape index (κ2) is 5.69. The van der Waals surface area contributed by atoms with Crippen molar-refractivity contribution in [2.75, 3.05) is 13.1 Å². The number of hydrogen-bond acceptors (Lipinski definition) is 3. The number of amides is 2. The summed E-state index contributed by atoms with van der Waals surface area (Å²) in [6.45, 7) is 8.47. The predicted molar refractivity (Wildman–Crippen MR) is 70.8 cm³/mol. The second-order valence-corrected chi connectivity index (χ2v) is 6.01. The highest BCUT2D eigenvalue weighted by Crippen LogP contribution is 2.18. The van der Waals surface area contributed by atoms with Crippen LogP contribution in [0, 0.1) is 5.41 Å². The van der Waals surface area contributed by atoms with E-state index in [1.807, 2.05) is 20.8 Å². The van der Waals surface area contributed by atoms with Crippen LogP contribution in [-0.2, 0) is 9.59 Å². The van der Waals surface area contributed by atoms with Crippen molar-refractivity contribution in [3.8, 4) is 0 Å².